The summed E-state index contributed by atoms with van der Waals surface area (Å²) in [5.74, 6) is 0.688. The van der Waals surface area contributed by atoms with Gasteiger partial charge in [-0.25, -0.2) is 17.7 Å². The summed E-state index contributed by atoms with van der Waals surface area (Å²) >= 11 is 2.57. The maximum absolute atomic E-state index is 12.1. The van der Waals surface area contributed by atoms with Crippen molar-refractivity contribution in [2.45, 2.75) is 21.1 Å². The second-order valence-corrected chi connectivity index (χ2v) is 8.39. The van der Waals surface area contributed by atoms with Gasteiger partial charge in [-0.2, -0.15) is 4.37 Å². The standard InChI is InChI=1S/C11H14N4O2S3/c1-7-13-11(19-14-7)18-10-6-8(4-5-9(10)12)20(16,17)15(2)3/h4-6H,12H2,1-3H3. The molecule has 2 N–H and O–H groups in total. The van der Waals surface area contributed by atoms with E-state index in [9.17, 15) is 8.42 Å². The number of aryl methyl sites for hydroxylation is 1. The lowest BCUT2D eigenvalue weighted by molar-refractivity contribution is 0.520. The van der Waals surface area contributed by atoms with Crippen molar-refractivity contribution in [3.05, 3.63) is 24.0 Å². The molecule has 9 heteroatoms. The number of benzene rings is 1. The molecule has 0 spiro atoms. The molecule has 0 bridgehead atoms. The van der Waals surface area contributed by atoms with E-state index in [0.29, 0.717) is 16.4 Å². The van der Waals surface area contributed by atoms with Crippen molar-refractivity contribution >= 4 is 39.0 Å². The molecule has 2 rings (SSSR count). The van der Waals surface area contributed by atoms with Crippen LogP contribution in [0, 0.1) is 6.92 Å². The van der Waals surface area contributed by atoms with Crippen LogP contribution in [0.15, 0.2) is 32.3 Å². The SMILES string of the molecule is Cc1nsc(Sc2cc(S(=O)(=O)N(C)C)ccc2N)n1. The normalized spacial score (nSPS) is 12.0. The largest absolute Gasteiger partial charge is 0.398 e. The van der Waals surface area contributed by atoms with Crippen LogP contribution in [0.25, 0.3) is 0 Å². The number of rotatable bonds is 4. The first kappa shape index (κ1) is 15.2. The third-order valence-electron chi connectivity index (χ3n) is 2.47. The van der Waals surface area contributed by atoms with E-state index in [4.69, 9.17) is 5.73 Å². The van der Waals surface area contributed by atoms with Crippen molar-refractivity contribution in [1.29, 1.82) is 0 Å². The summed E-state index contributed by atoms with van der Waals surface area (Å²) < 4.78 is 30.2. The summed E-state index contributed by atoms with van der Waals surface area (Å²) in [5, 5.41) is 0. The average Bonchev–Trinajstić information content (AvgIpc) is 2.77. The highest BCUT2D eigenvalue weighted by Crippen LogP contribution is 2.34. The minimum Gasteiger partial charge on any atom is -0.398 e. The van der Waals surface area contributed by atoms with Gasteiger partial charge in [0.1, 0.15) is 5.82 Å². The van der Waals surface area contributed by atoms with Crippen LogP contribution in [-0.4, -0.2) is 36.2 Å². The smallest absolute Gasteiger partial charge is 0.242 e. The van der Waals surface area contributed by atoms with E-state index in [1.807, 2.05) is 0 Å². The van der Waals surface area contributed by atoms with E-state index in [1.165, 1.54) is 47.8 Å². The Kier molecular flexibility index (Phi) is 4.33. The molecular formula is C11H14N4O2S3. The summed E-state index contributed by atoms with van der Waals surface area (Å²) in [5.41, 5.74) is 6.41. The van der Waals surface area contributed by atoms with Crippen molar-refractivity contribution in [1.82, 2.24) is 13.7 Å². The molecular weight excluding hydrogens is 316 g/mol. The van der Waals surface area contributed by atoms with Crippen LogP contribution in [0.5, 0.6) is 0 Å². The molecule has 0 fully saturated rings. The Balaban J connectivity index is 2.39. The molecule has 1 aromatic carbocycles. The Hall–Kier alpha value is -1.16. The van der Waals surface area contributed by atoms with Crippen LogP contribution in [0.4, 0.5) is 5.69 Å². The lowest BCUT2D eigenvalue weighted by Crippen LogP contribution is -2.22. The third-order valence-corrected chi connectivity index (χ3v) is 6.20. The zero-order valence-electron chi connectivity index (χ0n) is 11.2. The minimum absolute atomic E-state index is 0.209. The predicted octanol–water partition coefficient (Wildman–Crippen LogP) is 1.83. The Bertz CT molecular complexity index is 725. The first-order valence-electron chi connectivity index (χ1n) is 5.61. The van der Waals surface area contributed by atoms with Crippen LogP contribution < -0.4 is 5.73 Å². The number of hydrogen-bond donors (Lipinski definition) is 1. The summed E-state index contributed by atoms with van der Waals surface area (Å²) in [6.07, 6.45) is 0. The van der Waals surface area contributed by atoms with Gasteiger partial charge in [-0.15, -0.1) is 0 Å². The molecule has 2 aromatic rings. The van der Waals surface area contributed by atoms with Crippen LogP contribution in [-0.2, 0) is 10.0 Å². The van der Waals surface area contributed by atoms with Gasteiger partial charge in [0.15, 0.2) is 4.34 Å². The highest BCUT2D eigenvalue weighted by atomic mass is 32.2. The molecule has 1 heterocycles. The molecule has 0 aliphatic rings. The molecule has 0 radical (unpaired) electrons. The van der Waals surface area contributed by atoms with Gasteiger partial charge in [0.2, 0.25) is 10.0 Å². The summed E-state index contributed by atoms with van der Waals surface area (Å²) in [6.45, 7) is 1.80. The quantitative estimate of drug-likeness (QED) is 0.860. The van der Waals surface area contributed by atoms with Gasteiger partial charge in [0.25, 0.3) is 0 Å². The Morgan fingerprint density at radius 2 is 2.05 bits per heavy atom. The Morgan fingerprint density at radius 1 is 1.35 bits per heavy atom. The fourth-order valence-corrected chi connectivity index (χ4v) is 4.08. The van der Waals surface area contributed by atoms with E-state index in [1.54, 1.807) is 19.1 Å². The van der Waals surface area contributed by atoms with E-state index in [0.717, 1.165) is 4.34 Å². The number of nitrogens with zero attached hydrogens (tertiary/aromatic N) is 3. The molecule has 0 amide bonds. The van der Waals surface area contributed by atoms with Crippen molar-refractivity contribution in [3.8, 4) is 0 Å². The first-order chi connectivity index (χ1) is 9.30. The molecule has 0 atom stereocenters. The first-order valence-corrected chi connectivity index (χ1v) is 8.64. The van der Waals surface area contributed by atoms with Gasteiger partial charge in [-0.3, -0.25) is 0 Å². The highest BCUT2D eigenvalue weighted by molar-refractivity contribution is 8.01. The molecule has 0 saturated carbocycles. The number of hydrogen-bond acceptors (Lipinski definition) is 7. The van der Waals surface area contributed by atoms with E-state index >= 15 is 0 Å². The lowest BCUT2D eigenvalue weighted by atomic mass is 10.3. The van der Waals surface area contributed by atoms with Gasteiger partial charge in [-0.1, -0.05) is 11.8 Å². The van der Waals surface area contributed by atoms with Crippen molar-refractivity contribution in [3.63, 3.8) is 0 Å². The minimum atomic E-state index is -3.47. The summed E-state index contributed by atoms with van der Waals surface area (Å²) in [6, 6.07) is 4.65. The molecule has 0 saturated heterocycles. The fourth-order valence-electron chi connectivity index (χ4n) is 1.39. The van der Waals surface area contributed by atoms with Gasteiger partial charge in [-0.05, 0) is 36.7 Å². The maximum Gasteiger partial charge on any atom is 0.242 e. The number of nitrogens with two attached hydrogens (primary N) is 1. The highest BCUT2D eigenvalue weighted by Gasteiger charge is 2.19. The van der Waals surface area contributed by atoms with Gasteiger partial charge in [0, 0.05) is 24.7 Å². The van der Waals surface area contributed by atoms with Gasteiger partial charge < -0.3 is 5.73 Å². The second kappa shape index (κ2) is 5.68. The van der Waals surface area contributed by atoms with E-state index in [-0.39, 0.29) is 4.90 Å². The Labute approximate surface area is 126 Å². The fraction of sp³-hybridized carbons (Fsp3) is 0.273. The second-order valence-electron chi connectivity index (χ2n) is 4.20. The average molecular weight is 330 g/mol. The maximum atomic E-state index is 12.1. The molecule has 6 nitrogen and oxygen atoms in total. The molecule has 0 aliphatic carbocycles. The van der Waals surface area contributed by atoms with E-state index in [2.05, 4.69) is 9.36 Å². The van der Waals surface area contributed by atoms with Crippen molar-refractivity contribution in [2.75, 3.05) is 19.8 Å². The summed E-state index contributed by atoms with van der Waals surface area (Å²) in [7, 11) is -0.486. The predicted molar refractivity (Wildman–Crippen MR) is 80.5 cm³/mol. The molecule has 1 aromatic heterocycles. The molecule has 20 heavy (non-hydrogen) atoms. The van der Waals surface area contributed by atoms with Gasteiger partial charge in [0.05, 0.1) is 4.90 Å². The summed E-state index contributed by atoms with van der Waals surface area (Å²) in [4.78, 5) is 5.09. The number of anilines is 1. The van der Waals surface area contributed by atoms with Crippen molar-refractivity contribution < 1.29 is 8.42 Å². The van der Waals surface area contributed by atoms with Crippen LogP contribution in [0.1, 0.15) is 5.82 Å². The molecule has 0 unspecified atom stereocenters. The monoisotopic (exact) mass is 330 g/mol. The Morgan fingerprint density at radius 3 is 2.60 bits per heavy atom. The zero-order chi connectivity index (χ0) is 14.9. The number of nitrogen functional groups attached to an aromatic ring is 1. The number of sulfonamides is 1. The third kappa shape index (κ3) is 3.11. The molecule has 108 valence electrons. The topological polar surface area (TPSA) is 89.2 Å². The lowest BCUT2D eigenvalue weighted by Gasteiger charge is -2.12. The number of aromatic nitrogens is 2. The molecule has 0 aliphatic heterocycles. The van der Waals surface area contributed by atoms with E-state index < -0.39 is 10.0 Å². The van der Waals surface area contributed by atoms with Gasteiger partial charge >= 0.3 is 0 Å². The zero-order valence-corrected chi connectivity index (χ0v) is 13.6. The van der Waals surface area contributed by atoms with Crippen molar-refractivity contribution in [2.24, 2.45) is 0 Å². The van der Waals surface area contributed by atoms with Crippen LogP contribution >= 0.6 is 23.3 Å². The van der Waals surface area contributed by atoms with Crippen LogP contribution in [0.3, 0.4) is 0 Å². The van der Waals surface area contributed by atoms with Crippen LogP contribution in [0.2, 0.25) is 0 Å².